The summed E-state index contributed by atoms with van der Waals surface area (Å²) in [6.07, 6.45) is 0. The summed E-state index contributed by atoms with van der Waals surface area (Å²) >= 11 is 0. The number of ether oxygens (including phenoxy) is 1. The largest absolute Gasteiger partial charge is 0.374 e. The smallest absolute Gasteiger partial charge is 0.158 e. The zero-order valence-corrected chi connectivity index (χ0v) is 12.9. The summed E-state index contributed by atoms with van der Waals surface area (Å²) in [6.45, 7) is 7.40. The van der Waals surface area contributed by atoms with Crippen LogP contribution in [-0.2, 0) is 17.9 Å². The first-order valence-corrected chi connectivity index (χ1v) is 6.93. The second-order valence-corrected chi connectivity index (χ2v) is 4.60. The normalized spacial score (nSPS) is 10.7. The minimum absolute atomic E-state index is 0.395. The third kappa shape index (κ3) is 3.91. The fraction of sp³-hybridized carbons (Fsp3) is 0.500. The molecule has 0 aliphatic carbocycles. The molecule has 0 spiro atoms. The number of aromatic nitrogens is 3. The first-order chi connectivity index (χ1) is 10.1. The predicted molar refractivity (Wildman–Crippen MR) is 80.2 cm³/mol. The predicted octanol–water partition coefficient (Wildman–Crippen LogP) is 2.27. The van der Waals surface area contributed by atoms with Gasteiger partial charge in [-0.25, -0.2) is 9.97 Å². The van der Waals surface area contributed by atoms with Crippen molar-refractivity contribution in [2.75, 3.05) is 24.3 Å². The second-order valence-electron chi connectivity index (χ2n) is 4.60. The molecule has 7 nitrogen and oxygen atoms in total. The van der Waals surface area contributed by atoms with Crippen LogP contribution in [0.5, 0.6) is 0 Å². The highest BCUT2D eigenvalue weighted by molar-refractivity contribution is 5.47. The van der Waals surface area contributed by atoms with Gasteiger partial charge in [0.1, 0.15) is 24.0 Å². The Balaban J connectivity index is 2.11. The molecule has 114 valence electrons. The summed E-state index contributed by atoms with van der Waals surface area (Å²) in [6, 6.07) is 1.85. The minimum atomic E-state index is 0.395. The Labute approximate surface area is 124 Å². The molecule has 2 N–H and O–H groups in total. The van der Waals surface area contributed by atoms with Crippen molar-refractivity contribution in [2.45, 2.75) is 33.9 Å². The highest BCUT2D eigenvalue weighted by atomic mass is 16.5. The lowest BCUT2D eigenvalue weighted by Crippen LogP contribution is -2.08. The first-order valence-electron chi connectivity index (χ1n) is 6.93. The summed E-state index contributed by atoms with van der Waals surface area (Å²) in [5, 5.41) is 10.2. The van der Waals surface area contributed by atoms with Crippen molar-refractivity contribution in [1.82, 2.24) is 15.1 Å². The maximum atomic E-state index is 5.36. The standard InChI is InChI=1S/C14H21N5O2/c1-5-20-8-14-17-12(15-4)6-13(18-14)16-7-11-9(2)19-21-10(11)3/h6H,5,7-8H2,1-4H3,(H2,15,16,17,18). The molecule has 2 aromatic heterocycles. The lowest BCUT2D eigenvalue weighted by molar-refractivity contribution is 0.128. The topological polar surface area (TPSA) is 85.1 Å². The maximum absolute atomic E-state index is 5.36. The molecule has 0 bridgehead atoms. The summed E-state index contributed by atoms with van der Waals surface area (Å²) in [7, 11) is 1.82. The minimum Gasteiger partial charge on any atom is -0.374 e. The van der Waals surface area contributed by atoms with Crippen LogP contribution in [0.25, 0.3) is 0 Å². The van der Waals surface area contributed by atoms with Crippen molar-refractivity contribution in [3.05, 3.63) is 28.9 Å². The molecule has 0 amide bonds. The van der Waals surface area contributed by atoms with Gasteiger partial charge in [-0.05, 0) is 20.8 Å². The van der Waals surface area contributed by atoms with Gasteiger partial charge in [-0.2, -0.15) is 0 Å². The molecule has 2 heterocycles. The molecule has 21 heavy (non-hydrogen) atoms. The second kappa shape index (κ2) is 7.03. The third-order valence-corrected chi connectivity index (χ3v) is 3.09. The van der Waals surface area contributed by atoms with Crippen LogP contribution in [0.15, 0.2) is 10.6 Å². The van der Waals surface area contributed by atoms with Crippen LogP contribution in [-0.4, -0.2) is 28.8 Å². The molecule has 0 aliphatic rings. The molecule has 7 heteroatoms. The fourth-order valence-corrected chi connectivity index (χ4v) is 1.91. The van der Waals surface area contributed by atoms with Crippen molar-refractivity contribution in [3.8, 4) is 0 Å². The van der Waals surface area contributed by atoms with Gasteiger partial charge in [0.2, 0.25) is 0 Å². The van der Waals surface area contributed by atoms with Crippen LogP contribution >= 0.6 is 0 Å². The van der Waals surface area contributed by atoms with E-state index in [0.717, 1.165) is 28.7 Å². The summed E-state index contributed by atoms with van der Waals surface area (Å²) in [5.74, 6) is 2.95. The van der Waals surface area contributed by atoms with E-state index in [1.54, 1.807) is 0 Å². The van der Waals surface area contributed by atoms with Crippen LogP contribution in [0.3, 0.4) is 0 Å². The van der Waals surface area contributed by atoms with Crippen LogP contribution in [0.1, 0.15) is 29.8 Å². The van der Waals surface area contributed by atoms with Gasteiger partial charge in [0, 0.05) is 31.8 Å². The Hall–Kier alpha value is -2.15. The highest BCUT2D eigenvalue weighted by Crippen LogP contribution is 2.16. The average Bonchev–Trinajstić information content (AvgIpc) is 2.81. The van der Waals surface area contributed by atoms with E-state index < -0.39 is 0 Å². The molecule has 0 atom stereocenters. The number of aryl methyl sites for hydroxylation is 2. The van der Waals surface area contributed by atoms with Crippen LogP contribution in [0, 0.1) is 13.8 Å². The highest BCUT2D eigenvalue weighted by Gasteiger charge is 2.10. The Bertz CT molecular complexity index is 578. The van der Waals surface area contributed by atoms with Gasteiger partial charge < -0.3 is 19.9 Å². The summed E-state index contributed by atoms with van der Waals surface area (Å²) in [4.78, 5) is 8.79. The summed E-state index contributed by atoms with van der Waals surface area (Å²) in [5.41, 5.74) is 1.93. The van der Waals surface area contributed by atoms with Crippen LogP contribution < -0.4 is 10.6 Å². The molecule has 0 unspecified atom stereocenters. The van der Waals surface area contributed by atoms with E-state index in [0.29, 0.717) is 25.6 Å². The fourth-order valence-electron chi connectivity index (χ4n) is 1.91. The van der Waals surface area contributed by atoms with E-state index >= 15 is 0 Å². The lowest BCUT2D eigenvalue weighted by Gasteiger charge is -2.09. The van der Waals surface area contributed by atoms with Gasteiger partial charge in [0.05, 0.1) is 5.69 Å². The van der Waals surface area contributed by atoms with Crippen molar-refractivity contribution in [1.29, 1.82) is 0 Å². The van der Waals surface area contributed by atoms with Crippen LogP contribution in [0.4, 0.5) is 11.6 Å². The van der Waals surface area contributed by atoms with Crippen molar-refractivity contribution in [3.63, 3.8) is 0 Å². The number of hydrogen-bond donors (Lipinski definition) is 2. The molecular weight excluding hydrogens is 270 g/mol. The number of hydrogen-bond acceptors (Lipinski definition) is 7. The van der Waals surface area contributed by atoms with Crippen molar-refractivity contribution >= 4 is 11.6 Å². The van der Waals surface area contributed by atoms with Gasteiger partial charge in [-0.15, -0.1) is 0 Å². The van der Waals surface area contributed by atoms with Crippen molar-refractivity contribution in [2.24, 2.45) is 0 Å². The van der Waals surface area contributed by atoms with Crippen LogP contribution in [0.2, 0.25) is 0 Å². The van der Waals surface area contributed by atoms with E-state index in [4.69, 9.17) is 9.26 Å². The number of anilines is 2. The van der Waals surface area contributed by atoms with E-state index in [1.807, 2.05) is 33.9 Å². The van der Waals surface area contributed by atoms with Gasteiger partial charge >= 0.3 is 0 Å². The number of nitrogens with zero attached hydrogens (tertiary/aromatic N) is 3. The van der Waals surface area contributed by atoms with Crippen molar-refractivity contribution < 1.29 is 9.26 Å². The Kier molecular flexibility index (Phi) is 5.10. The quantitative estimate of drug-likeness (QED) is 0.809. The van der Waals surface area contributed by atoms with E-state index in [-0.39, 0.29) is 0 Å². The molecule has 0 saturated carbocycles. The lowest BCUT2D eigenvalue weighted by atomic mass is 10.2. The van der Waals surface area contributed by atoms with E-state index in [1.165, 1.54) is 0 Å². The Morgan fingerprint density at radius 2 is 2.00 bits per heavy atom. The monoisotopic (exact) mass is 291 g/mol. The molecule has 0 aliphatic heterocycles. The third-order valence-electron chi connectivity index (χ3n) is 3.09. The summed E-state index contributed by atoms with van der Waals surface area (Å²) < 4.78 is 10.5. The SMILES string of the molecule is CCOCc1nc(NC)cc(NCc2c(C)noc2C)n1. The molecule has 0 saturated heterocycles. The molecule has 2 rings (SSSR count). The zero-order chi connectivity index (χ0) is 15.2. The molecule has 0 radical (unpaired) electrons. The molecular formula is C14H21N5O2. The van der Waals surface area contributed by atoms with E-state index in [9.17, 15) is 0 Å². The maximum Gasteiger partial charge on any atom is 0.158 e. The molecule has 0 aromatic carbocycles. The molecule has 0 fully saturated rings. The Morgan fingerprint density at radius 3 is 2.62 bits per heavy atom. The molecule has 2 aromatic rings. The van der Waals surface area contributed by atoms with Gasteiger partial charge in [-0.1, -0.05) is 5.16 Å². The van der Waals surface area contributed by atoms with Gasteiger partial charge in [0.15, 0.2) is 5.82 Å². The average molecular weight is 291 g/mol. The first kappa shape index (κ1) is 15.2. The van der Waals surface area contributed by atoms with Gasteiger partial charge in [-0.3, -0.25) is 0 Å². The zero-order valence-electron chi connectivity index (χ0n) is 12.9. The number of rotatable bonds is 7. The van der Waals surface area contributed by atoms with E-state index in [2.05, 4.69) is 25.8 Å². The van der Waals surface area contributed by atoms with Gasteiger partial charge in [0.25, 0.3) is 0 Å². The Morgan fingerprint density at radius 1 is 1.24 bits per heavy atom. The number of nitrogens with one attached hydrogen (secondary N) is 2.